The zero-order valence-corrected chi connectivity index (χ0v) is 10.5. The van der Waals surface area contributed by atoms with Crippen molar-refractivity contribution in [1.29, 1.82) is 0 Å². The van der Waals surface area contributed by atoms with E-state index in [1.165, 1.54) is 0 Å². The van der Waals surface area contributed by atoms with E-state index in [1.807, 2.05) is 18.7 Å². The van der Waals surface area contributed by atoms with E-state index in [-0.39, 0.29) is 11.9 Å². The number of carbonyl (C=O) groups is 1. The fourth-order valence-electron chi connectivity index (χ4n) is 1.11. The average Bonchev–Trinajstić information content (AvgIpc) is 2.18. The van der Waals surface area contributed by atoms with Crippen molar-refractivity contribution in [3.63, 3.8) is 0 Å². The van der Waals surface area contributed by atoms with Crippen molar-refractivity contribution in [3.05, 3.63) is 12.7 Å². The molecule has 0 fully saturated rings. The molecule has 0 aromatic heterocycles. The molecule has 0 spiro atoms. The molecule has 0 heterocycles. The van der Waals surface area contributed by atoms with Crippen molar-refractivity contribution >= 4 is 17.7 Å². The number of nitrogens with one attached hydrogen (secondary N) is 1. The van der Waals surface area contributed by atoms with Gasteiger partial charge in [0.1, 0.15) is 0 Å². The molecule has 0 aromatic rings. The maximum atomic E-state index is 11.5. The summed E-state index contributed by atoms with van der Waals surface area (Å²) in [6, 6.07) is -0.254. The standard InChI is InChI=1S/C11H22N2OS/c1-4-6-10(12)11(14)13-9(3)7-8-15-5-2/h4,9-10H,1,5-8,12H2,2-3H3,(H,13,14). The maximum absolute atomic E-state index is 11.5. The highest BCUT2D eigenvalue weighted by Crippen LogP contribution is 2.04. The highest BCUT2D eigenvalue weighted by atomic mass is 32.2. The third kappa shape index (κ3) is 7.45. The number of carbonyl (C=O) groups excluding carboxylic acids is 1. The van der Waals surface area contributed by atoms with Crippen molar-refractivity contribution in [2.75, 3.05) is 11.5 Å². The fraction of sp³-hybridized carbons (Fsp3) is 0.727. The minimum Gasteiger partial charge on any atom is -0.352 e. The molecule has 3 nitrogen and oxygen atoms in total. The topological polar surface area (TPSA) is 55.1 Å². The Kier molecular flexibility index (Phi) is 8.52. The number of thioether (sulfide) groups is 1. The minimum atomic E-state index is -0.455. The van der Waals surface area contributed by atoms with E-state index in [0.29, 0.717) is 6.42 Å². The van der Waals surface area contributed by atoms with Crippen molar-refractivity contribution in [2.45, 2.75) is 38.8 Å². The Bertz CT molecular complexity index is 197. The Morgan fingerprint density at radius 3 is 2.87 bits per heavy atom. The Morgan fingerprint density at radius 2 is 2.33 bits per heavy atom. The maximum Gasteiger partial charge on any atom is 0.237 e. The Hall–Kier alpha value is -0.480. The molecule has 0 aliphatic rings. The molecule has 2 atom stereocenters. The lowest BCUT2D eigenvalue weighted by molar-refractivity contribution is -0.122. The van der Waals surface area contributed by atoms with Gasteiger partial charge in [0.15, 0.2) is 0 Å². The quantitative estimate of drug-likeness (QED) is 0.491. The van der Waals surface area contributed by atoms with Crippen molar-refractivity contribution in [2.24, 2.45) is 5.73 Å². The van der Waals surface area contributed by atoms with Crippen molar-refractivity contribution in [1.82, 2.24) is 5.32 Å². The predicted molar refractivity (Wildman–Crippen MR) is 68.0 cm³/mol. The third-order valence-electron chi connectivity index (χ3n) is 2.05. The van der Waals surface area contributed by atoms with Crippen LogP contribution in [-0.4, -0.2) is 29.5 Å². The Balaban J connectivity index is 3.69. The normalized spacial score (nSPS) is 14.3. The van der Waals surface area contributed by atoms with Gasteiger partial charge in [-0.3, -0.25) is 4.79 Å². The lowest BCUT2D eigenvalue weighted by Crippen LogP contribution is -2.44. The highest BCUT2D eigenvalue weighted by Gasteiger charge is 2.13. The first-order chi connectivity index (χ1) is 7.11. The summed E-state index contributed by atoms with van der Waals surface area (Å²) < 4.78 is 0. The molecular formula is C11H22N2OS. The first-order valence-corrected chi connectivity index (χ1v) is 6.51. The molecule has 0 bridgehead atoms. The van der Waals surface area contributed by atoms with Gasteiger partial charge in [0, 0.05) is 6.04 Å². The molecule has 4 heteroatoms. The van der Waals surface area contributed by atoms with Crippen LogP contribution in [0.1, 0.15) is 26.7 Å². The van der Waals surface area contributed by atoms with Gasteiger partial charge in [0.25, 0.3) is 0 Å². The van der Waals surface area contributed by atoms with E-state index in [9.17, 15) is 4.79 Å². The smallest absolute Gasteiger partial charge is 0.237 e. The summed E-state index contributed by atoms with van der Waals surface area (Å²) in [7, 11) is 0. The van der Waals surface area contributed by atoms with Crippen LogP contribution < -0.4 is 11.1 Å². The van der Waals surface area contributed by atoms with Gasteiger partial charge in [-0.15, -0.1) is 6.58 Å². The summed E-state index contributed by atoms with van der Waals surface area (Å²) in [6.07, 6.45) is 3.19. The second-order valence-corrected chi connectivity index (χ2v) is 4.92. The van der Waals surface area contributed by atoms with E-state index >= 15 is 0 Å². The van der Waals surface area contributed by atoms with Crippen molar-refractivity contribution < 1.29 is 4.79 Å². The Morgan fingerprint density at radius 1 is 1.67 bits per heavy atom. The SMILES string of the molecule is C=CCC(N)C(=O)NC(C)CCSCC. The van der Waals surface area contributed by atoms with Crippen LogP contribution in [0.2, 0.25) is 0 Å². The second-order valence-electron chi connectivity index (χ2n) is 3.53. The number of amides is 1. The van der Waals surface area contributed by atoms with Crippen LogP contribution in [-0.2, 0) is 4.79 Å². The van der Waals surface area contributed by atoms with Crippen LogP contribution in [0.25, 0.3) is 0 Å². The van der Waals surface area contributed by atoms with Crippen molar-refractivity contribution in [3.8, 4) is 0 Å². The summed E-state index contributed by atoms with van der Waals surface area (Å²) >= 11 is 1.88. The molecule has 0 saturated heterocycles. The molecule has 88 valence electrons. The molecule has 15 heavy (non-hydrogen) atoms. The van der Waals surface area contributed by atoms with Crippen LogP contribution >= 0.6 is 11.8 Å². The van der Waals surface area contributed by atoms with Gasteiger partial charge < -0.3 is 11.1 Å². The molecule has 0 aliphatic heterocycles. The van der Waals surface area contributed by atoms with Gasteiger partial charge in [-0.05, 0) is 31.3 Å². The van der Waals surface area contributed by atoms with Crippen LogP contribution in [0.3, 0.4) is 0 Å². The van der Waals surface area contributed by atoms with Gasteiger partial charge in [-0.1, -0.05) is 13.0 Å². The lowest BCUT2D eigenvalue weighted by atomic mass is 10.2. The zero-order chi connectivity index (χ0) is 11.7. The summed E-state index contributed by atoms with van der Waals surface area (Å²) in [4.78, 5) is 11.5. The molecule has 0 aliphatic carbocycles. The molecule has 1 amide bonds. The predicted octanol–water partition coefficient (Wildman–Crippen LogP) is 1.54. The summed E-state index contributed by atoms with van der Waals surface area (Å²) in [5, 5.41) is 2.90. The van der Waals surface area contributed by atoms with Crippen LogP contribution in [0.5, 0.6) is 0 Å². The third-order valence-corrected chi connectivity index (χ3v) is 2.98. The number of nitrogens with two attached hydrogens (primary N) is 1. The van der Waals surface area contributed by atoms with Crippen LogP contribution in [0.15, 0.2) is 12.7 Å². The number of hydrogen-bond acceptors (Lipinski definition) is 3. The van der Waals surface area contributed by atoms with E-state index in [2.05, 4.69) is 18.8 Å². The molecule has 0 aromatic carbocycles. The monoisotopic (exact) mass is 230 g/mol. The van der Waals surface area contributed by atoms with Gasteiger partial charge >= 0.3 is 0 Å². The summed E-state index contributed by atoms with van der Waals surface area (Å²) in [6.45, 7) is 7.70. The number of hydrogen-bond donors (Lipinski definition) is 2. The highest BCUT2D eigenvalue weighted by molar-refractivity contribution is 7.99. The molecular weight excluding hydrogens is 208 g/mol. The van der Waals surface area contributed by atoms with E-state index in [1.54, 1.807) is 6.08 Å². The average molecular weight is 230 g/mol. The summed E-state index contributed by atoms with van der Waals surface area (Å²) in [5.74, 6) is 2.12. The molecule has 0 saturated carbocycles. The fourth-order valence-corrected chi connectivity index (χ4v) is 1.92. The molecule has 2 unspecified atom stereocenters. The van der Waals surface area contributed by atoms with Gasteiger partial charge in [0.2, 0.25) is 5.91 Å². The summed E-state index contributed by atoms with van der Waals surface area (Å²) in [5.41, 5.74) is 5.64. The van der Waals surface area contributed by atoms with E-state index in [4.69, 9.17) is 5.73 Å². The van der Waals surface area contributed by atoms with Crippen LogP contribution in [0, 0.1) is 0 Å². The molecule has 0 radical (unpaired) electrons. The van der Waals surface area contributed by atoms with E-state index in [0.717, 1.165) is 17.9 Å². The molecule has 0 rings (SSSR count). The first-order valence-electron chi connectivity index (χ1n) is 5.36. The second kappa shape index (κ2) is 8.80. The minimum absolute atomic E-state index is 0.0797. The van der Waals surface area contributed by atoms with Gasteiger partial charge in [-0.2, -0.15) is 11.8 Å². The van der Waals surface area contributed by atoms with Gasteiger partial charge in [-0.25, -0.2) is 0 Å². The number of rotatable bonds is 8. The lowest BCUT2D eigenvalue weighted by Gasteiger charge is -2.16. The Labute approximate surface area is 96.9 Å². The van der Waals surface area contributed by atoms with Gasteiger partial charge in [0.05, 0.1) is 6.04 Å². The van der Waals surface area contributed by atoms with E-state index < -0.39 is 6.04 Å². The molecule has 3 N–H and O–H groups in total. The first kappa shape index (κ1) is 14.5. The zero-order valence-electron chi connectivity index (χ0n) is 9.66. The van der Waals surface area contributed by atoms with Crippen LogP contribution in [0.4, 0.5) is 0 Å². The largest absolute Gasteiger partial charge is 0.352 e.